The van der Waals surface area contributed by atoms with E-state index in [1.165, 1.54) is 0 Å². The number of fused-ring (bicyclic) bond motifs is 1. The van der Waals surface area contributed by atoms with Gasteiger partial charge in [0.25, 0.3) is 0 Å². The van der Waals surface area contributed by atoms with Crippen molar-refractivity contribution in [2.45, 2.75) is 19.9 Å². The summed E-state index contributed by atoms with van der Waals surface area (Å²) in [7, 11) is 0. The first-order chi connectivity index (χ1) is 15.0. The van der Waals surface area contributed by atoms with Crippen LogP contribution < -0.4 is 10.5 Å². The summed E-state index contributed by atoms with van der Waals surface area (Å²) in [6.45, 7) is 6.29. The summed E-state index contributed by atoms with van der Waals surface area (Å²) >= 11 is 3.43. The van der Waals surface area contributed by atoms with Crippen molar-refractivity contribution in [2.75, 3.05) is 37.7 Å². The molecule has 31 heavy (non-hydrogen) atoms. The van der Waals surface area contributed by atoms with Crippen LogP contribution in [0.15, 0.2) is 56.3 Å². The number of nitrogens with zero attached hydrogens (tertiary/aromatic N) is 3. The molecule has 8 heteroatoms. The number of aromatic nitrogens is 1. The maximum atomic E-state index is 12.0. The predicted octanol–water partition coefficient (Wildman–Crippen LogP) is 3.84. The van der Waals surface area contributed by atoms with Gasteiger partial charge in [-0.3, -0.25) is 4.90 Å². The van der Waals surface area contributed by atoms with Crippen LogP contribution in [0.4, 0.5) is 5.82 Å². The van der Waals surface area contributed by atoms with Crippen molar-refractivity contribution in [3.63, 3.8) is 0 Å². The third-order valence-corrected chi connectivity index (χ3v) is 5.85. The quantitative estimate of drug-likeness (QED) is 0.401. The number of hydrogen-bond acceptors (Lipinski definition) is 7. The number of ether oxygens (including phenoxy) is 1. The lowest BCUT2D eigenvalue weighted by atomic mass is 10.1. The van der Waals surface area contributed by atoms with E-state index in [1.54, 1.807) is 25.3 Å². The molecule has 0 amide bonds. The van der Waals surface area contributed by atoms with Crippen LogP contribution in [-0.4, -0.2) is 48.6 Å². The zero-order valence-electron chi connectivity index (χ0n) is 17.3. The van der Waals surface area contributed by atoms with Gasteiger partial charge in [-0.05, 0) is 49.2 Å². The van der Waals surface area contributed by atoms with E-state index >= 15 is 0 Å². The molecule has 0 N–H and O–H groups in total. The van der Waals surface area contributed by atoms with E-state index in [1.807, 2.05) is 24.3 Å². The predicted molar refractivity (Wildman–Crippen MR) is 122 cm³/mol. The standard InChI is InChI=1S/C23H24BrN3O4/c1-2-30-23(29)16-4-7-21(25-14-16)27-9-3-8-26(10-11-27)15-17-12-22(28)31-20-13-18(24)5-6-19(17)20/h4-7,12-14H,2-3,8-11,15H2,1H3. The Bertz CT molecular complexity index is 1130. The van der Waals surface area contributed by atoms with Crippen molar-refractivity contribution in [3.05, 3.63) is 68.6 Å². The molecule has 1 aromatic carbocycles. The van der Waals surface area contributed by atoms with E-state index in [-0.39, 0.29) is 11.6 Å². The number of benzene rings is 1. The second kappa shape index (κ2) is 9.62. The van der Waals surface area contributed by atoms with Crippen molar-refractivity contribution >= 4 is 38.7 Å². The van der Waals surface area contributed by atoms with Crippen LogP contribution >= 0.6 is 15.9 Å². The van der Waals surface area contributed by atoms with E-state index in [0.717, 1.165) is 53.8 Å². The summed E-state index contributed by atoms with van der Waals surface area (Å²) in [6.07, 6.45) is 2.55. The summed E-state index contributed by atoms with van der Waals surface area (Å²) in [4.78, 5) is 32.9. The Labute approximate surface area is 188 Å². The Morgan fingerprint density at radius 3 is 2.81 bits per heavy atom. The van der Waals surface area contributed by atoms with E-state index in [4.69, 9.17) is 9.15 Å². The van der Waals surface area contributed by atoms with Gasteiger partial charge >= 0.3 is 11.6 Å². The normalized spacial score (nSPS) is 15.1. The Hall–Kier alpha value is -2.71. The number of halogens is 1. The fraction of sp³-hybridized carbons (Fsp3) is 0.348. The zero-order valence-corrected chi connectivity index (χ0v) is 18.9. The Morgan fingerprint density at radius 2 is 2.03 bits per heavy atom. The molecule has 0 atom stereocenters. The summed E-state index contributed by atoms with van der Waals surface area (Å²) in [5.41, 5.74) is 1.70. The fourth-order valence-corrected chi connectivity index (χ4v) is 4.18. The van der Waals surface area contributed by atoms with E-state index in [9.17, 15) is 9.59 Å². The minimum Gasteiger partial charge on any atom is -0.462 e. The van der Waals surface area contributed by atoms with Crippen LogP contribution in [-0.2, 0) is 11.3 Å². The molecule has 3 heterocycles. The molecule has 2 aromatic heterocycles. The average molecular weight is 486 g/mol. The van der Waals surface area contributed by atoms with Crippen LogP contribution in [0.1, 0.15) is 29.3 Å². The van der Waals surface area contributed by atoms with Gasteiger partial charge in [0.05, 0.1) is 12.2 Å². The molecular weight excluding hydrogens is 462 g/mol. The molecule has 3 aromatic rings. The number of esters is 1. The first kappa shape index (κ1) is 21.5. The monoisotopic (exact) mass is 485 g/mol. The molecule has 0 spiro atoms. The highest BCUT2D eigenvalue weighted by Crippen LogP contribution is 2.23. The van der Waals surface area contributed by atoms with Crippen LogP contribution in [0, 0.1) is 0 Å². The Balaban J connectivity index is 1.45. The SMILES string of the molecule is CCOC(=O)c1ccc(N2CCCN(Cc3cc(=O)oc4cc(Br)ccc34)CC2)nc1. The topological polar surface area (TPSA) is 75.9 Å². The second-order valence-electron chi connectivity index (χ2n) is 7.47. The highest BCUT2D eigenvalue weighted by molar-refractivity contribution is 9.10. The third-order valence-electron chi connectivity index (χ3n) is 5.36. The smallest absolute Gasteiger partial charge is 0.339 e. The van der Waals surface area contributed by atoms with Crippen LogP contribution in [0.2, 0.25) is 0 Å². The second-order valence-corrected chi connectivity index (χ2v) is 8.39. The van der Waals surface area contributed by atoms with E-state index in [0.29, 0.717) is 24.3 Å². The molecule has 1 fully saturated rings. The Kier molecular flexibility index (Phi) is 6.67. The first-order valence-corrected chi connectivity index (χ1v) is 11.2. The molecule has 0 bridgehead atoms. The van der Waals surface area contributed by atoms with Crippen molar-refractivity contribution in [3.8, 4) is 0 Å². The van der Waals surface area contributed by atoms with Gasteiger partial charge in [0.15, 0.2) is 0 Å². The minimum atomic E-state index is -0.352. The van der Waals surface area contributed by atoms with Gasteiger partial charge in [0.1, 0.15) is 11.4 Å². The van der Waals surface area contributed by atoms with E-state index in [2.05, 4.69) is 30.7 Å². The molecule has 4 rings (SSSR count). The van der Waals surface area contributed by atoms with Crippen molar-refractivity contribution < 1.29 is 13.9 Å². The molecule has 1 aliphatic heterocycles. The molecule has 0 unspecified atom stereocenters. The van der Waals surface area contributed by atoms with E-state index < -0.39 is 0 Å². The number of rotatable bonds is 5. The van der Waals surface area contributed by atoms with Gasteiger partial charge in [-0.15, -0.1) is 0 Å². The van der Waals surface area contributed by atoms with Crippen molar-refractivity contribution in [2.24, 2.45) is 0 Å². The molecule has 0 saturated carbocycles. The lowest BCUT2D eigenvalue weighted by molar-refractivity contribution is 0.0526. The van der Waals surface area contributed by atoms with Crippen molar-refractivity contribution in [1.29, 1.82) is 0 Å². The van der Waals surface area contributed by atoms with Crippen LogP contribution in [0.5, 0.6) is 0 Å². The summed E-state index contributed by atoms with van der Waals surface area (Å²) in [5, 5.41) is 0.958. The highest BCUT2D eigenvalue weighted by atomic mass is 79.9. The Morgan fingerprint density at radius 1 is 1.16 bits per heavy atom. The third kappa shape index (κ3) is 5.14. The highest BCUT2D eigenvalue weighted by Gasteiger charge is 2.18. The molecule has 7 nitrogen and oxygen atoms in total. The molecule has 162 valence electrons. The number of carbonyl (C=O) groups is 1. The molecule has 1 saturated heterocycles. The molecule has 0 aliphatic carbocycles. The lowest BCUT2D eigenvalue weighted by Crippen LogP contribution is -2.31. The molecular formula is C23H24BrN3O4. The lowest BCUT2D eigenvalue weighted by Gasteiger charge is -2.23. The van der Waals surface area contributed by atoms with Gasteiger partial charge in [0.2, 0.25) is 0 Å². The maximum Gasteiger partial charge on any atom is 0.339 e. The summed E-state index contributed by atoms with van der Waals surface area (Å²) in [5.74, 6) is 0.501. The van der Waals surface area contributed by atoms with Gasteiger partial charge in [-0.2, -0.15) is 0 Å². The number of pyridine rings is 1. The average Bonchev–Trinajstić information content (AvgIpc) is 2.99. The number of anilines is 1. The maximum absolute atomic E-state index is 12.0. The van der Waals surface area contributed by atoms with Crippen LogP contribution in [0.25, 0.3) is 11.0 Å². The van der Waals surface area contributed by atoms with Crippen molar-refractivity contribution in [1.82, 2.24) is 9.88 Å². The van der Waals surface area contributed by atoms with Gasteiger partial charge in [-0.25, -0.2) is 14.6 Å². The van der Waals surface area contributed by atoms with Crippen LogP contribution in [0.3, 0.4) is 0 Å². The largest absolute Gasteiger partial charge is 0.462 e. The summed E-state index contributed by atoms with van der Waals surface area (Å²) in [6, 6.07) is 11.0. The zero-order chi connectivity index (χ0) is 21.8. The van der Waals surface area contributed by atoms with Gasteiger partial charge in [-0.1, -0.05) is 15.9 Å². The van der Waals surface area contributed by atoms with Gasteiger partial charge < -0.3 is 14.1 Å². The summed E-state index contributed by atoms with van der Waals surface area (Å²) < 4.78 is 11.3. The number of hydrogen-bond donors (Lipinski definition) is 0. The fourth-order valence-electron chi connectivity index (χ4n) is 3.84. The minimum absolute atomic E-state index is 0.331. The number of carbonyl (C=O) groups excluding carboxylic acids is 1. The van der Waals surface area contributed by atoms with Gasteiger partial charge in [0, 0.05) is 54.8 Å². The first-order valence-electron chi connectivity index (χ1n) is 10.4. The molecule has 1 aliphatic rings. The molecule has 0 radical (unpaired) electrons.